The largest absolute Gasteiger partial charge is 0.469 e. The molecule has 5 nitrogen and oxygen atoms in total. The maximum Gasteiger partial charge on any atom is 0.308 e. The molecule has 32 heavy (non-hydrogen) atoms. The zero-order valence-electron chi connectivity index (χ0n) is 17.9. The summed E-state index contributed by atoms with van der Waals surface area (Å²) in [5.74, 6) is -2.18. The topological polar surface area (TPSA) is 47.4 Å². The molecule has 2 heterocycles. The lowest BCUT2D eigenvalue weighted by Crippen LogP contribution is -2.36. The van der Waals surface area contributed by atoms with E-state index in [4.69, 9.17) is 4.74 Å². The maximum atomic E-state index is 14.8. The van der Waals surface area contributed by atoms with E-state index in [1.165, 1.54) is 23.9 Å². The first-order valence-electron chi connectivity index (χ1n) is 10.5. The van der Waals surface area contributed by atoms with Crippen LogP contribution in [0.15, 0.2) is 42.6 Å². The zero-order chi connectivity index (χ0) is 22.8. The summed E-state index contributed by atoms with van der Waals surface area (Å²) < 4.78 is 48.7. The first-order chi connectivity index (χ1) is 15.4. The molecule has 1 aromatic heterocycles. The Morgan fingerprint density at radius 2 is 1.84 bits per heavy atom. The van der Waals surface area contributed by atoms with Crippen molar-refractivity contribution >= 4 is 5.97 Å². The number of halogens is 3. The molecule has 0 unspecified atom stereocenters. The van der Waals surface area contributed by atoms with Gasteiger partial charge in [-0.15, -0.1) is 0 Å². The Hall–Kier alpha value is -3.13. The summed E-state index contributed by atoms with van der Waals surface area (Å²) in [7, 11) is 1.39. The lowest BCUT2D eigenvalue weighted by molar-refractivity contribution is -0.147. The van der Waals surface area contributed by atoms with E-state index in [1.54, 1.807) is 25.3 Å². The van der Waals surface area contributed by atoms with Gasteiger partial charge in [-0.1, -0.05) is 6.07 Å². The van der Waals surface area contributed by atoms with E-state index in [0.29, 0.717) is 49.3 Å². The third-order valence-corrected chi connectivity index (χ3v) is 5.84. The molecule has 4 rings (SSSR count). The van der Waals surface area contributed by atoms with Gasteiger partial charge in [-0.3, -0.25) is 9.69 Å². The molecule has 0 saturated carbocycles. The summed E-state index contributed by atoms with van der Waals surface area (Å²) in [4.78, 5) is 13.9. The number of benzene rings is 2. The fourth-order valence-corrected chi connectivity index (χ4v) is 4.09. The fourth-order valence-electron chi connectivity index (χ4n) is 4.09. The van der Waals surface area contributed by atoms with E-state index in [1.807, 2.05) is 0 Å². The Morgan fingerprint density at radius 1 is 1.09 bits per heavy atom. The number of nitrogens with zero attached hydrogens (tertiary/aromatic N) is 3. The molecule has 0 radical (unpaired) electrons. The van der Waals surface area contributed by atoms with Gasteiger partial charge >= 0.3 is 5.97 Å². The molecular weight excluding hydrogens is 419 g/mol. The van der Waals surface area contributed by atoms with Crippen LogP contribution in [-0.4, -0.2) is 40.8 Å². The molecule has 0 spiro atoms. The molecule has 0 amide bonds. The third-order valence-electron chi connectivity index (χ3n) is 5.84. The van der Waals surface area contributed by atoms with Crippen LogP contribution in [-0.2, 0) is 16.1 Å². The number of hydrogen-bond acceptors (Lipinski definition) is 4. The molecular formula is C24H24F3N3O2. The summed E-state index contributed by atoms with van der Waals surface area (Å²) >= 11 is 0. The van der Waals surface area contributed by atoms with Gasteiger partial charge < -0.3 is 4.74 Å². The predicted molar refractivity (Wildman–Crippen MR) is 114 cm³/mol. The molecule has 2 aromatic carbocycles. The lowest BCUT2D eigenvalue weighted by atomic mass is 9.96. The van der Waals surface area contributed by atoms with Crippen LogP contribution in [0.1, 0.15) is 24.0 Å². The molecule has 0 aliphatic carbocycles. The van der Waals surface area contributed by atoms with Crippen LogP contribution in [0.25, 0.3) is 16.9 Å². The average Bonchev–Trinajstić information content (AvgIpc) is 3.16. The minimum atomic E-state index is -0.756. The van der Waals surface area contributed by atoms with Crippen molar-refractivity contribution in [1.29, 1.82) is 0 Å². The van der Waals surface area contributed by atoms with E-state index in [-0.39, 0.29) is 17.6 Å². The van der Waals surface area contributed by atoms with E-state index in [0.717, 1.165) is 17.7 Å². The van der Waals surface area contributed by atoms with E-state index in [2.05, 4.69) is 10.00 Å². The highest BCUT2D eigenvalue weighted by molar-refractivity contribution is 5.72. The number of methoxy groups -OCH3 is 1. The summed E-state index contributed by atoms with van der Waals surface area (Å²) in [6, 6.07) is 8.13. The second-order valence-corrected chi connectivity index (χ2v) is 8.10. The van der Waals surface area contributed by atoms with Gasteiger partial charge in [0.2, 0.25) is 0 Å². The molecule has 0 atom stereocenters. The number of aromatic nitrogens is 2. The molecule has 1 saturated heterocycles. The standard InChI is InChI=1S/C24H24F3N3O2/c1-15-3-5-19(20(26)11-15)23-17(13-29-9-7-16(8-10-29)24(31)32-2)14-30(28-23)22-6-4-18(25)12-21(22)27/h3-6,11-12,14,16H,7-10,13H2,1-2H3. The monoisotopic (exact) mass is 443 g/mol. The van der Waals surface area contributed by atoms with E-state index >= 15 is 0 Å². The van der Waals surface area contributed by atoms with Crippen molar-refractivity contribution in [3.63, 3.8) is 0 Å². The van der Waals surface area contributed by atoms with Crippen molar-refractivity contribution in [1.82, 2.24) is 14.7 Å². The van der Waals surface area contributed by atoms with Crippen LogP contribution in [0.3, 0.4) is 0 Å². The van der Waals surface area contributed by atoms with Gasteiger partial charge in [0, 0.05) is 29.9 Å². The molecule has 0 N–H and O–H groups in total. The Morgan fingerprint density at radius 3 is 2.50 bits per heavy atom. The number of rotatable bonds is 5. The van der Waals surface area contributed by atoms with Gasteiger partial charge in [0.15, 0.2) is 5.82 Å². The highest BCUT2D eigenvalue weighted by Crippen LogP contribution is 2.30. The number of ether oxygens (including phenoxy) is 1. The Bertz CT molecular complexity index is 1140. The van der Waals surface area contributed by atoms with Crippen molar-refractivity contribution < 1.29 is 22.7 Å². The second-order valence-electron chi connectivity index (χ2n) is 8.10. The summed E-state index contributed by atoms with van der Waals surface area (Å²) in [6.45, 7) is 3.60. The van der Waals surface area contributed by atoms with Gasteiger partial charge in [0.25, 0.3) is 0 Å². The lowest BCUT2D eigenvalue weighted by Gasteiger charge is -2.30. The molecule has 0 bridgehead atoms. The number of piperidine rings is 1. The van der Waals surface area contributed by atoms with Crippen LogP contribution >= 0.6 is 0 Å². The average molecular weight is 443 g/mol. The normalized spacial score (nSPS) is 15.2. The van der Waals surface area contributed by atoms with Crippen molar-refractivity contribution in [3.05, 3.63) is 71.2 Å². The minimum Gasteiger partial charge on any atom is -0.469 e. The van der Waals surface area contributed by atoms with Crippen LogP contribution in [0.2, 0.25) is 0 Å². The summed E-state index contributed by atoms with van der Waals surface area (Å²) in [5, 5.41) is 4.47. The van der Waals surface area contributed by atoms with Gasteiger partial charge in [-0.05, 0) is 62.7 Å². The molecule has 168 valence electrons. The van der Waals surface area contributed by atoms with Gasteiger partial charge in [0.05, 0.1) is 13.0 Å². The number of carbonyl (C=O) groups excluding carboxylic acids is 1. The van der Waals surface area contributed by atoms with E-state index < -0.39 is 17.5 Å². The minimum absolute atomic E-state index is 0.0795. The van der Waals surface area contributed by atoms with Crippen molar-refractivity contribution in [2.24, 2.45) is 5.92 Å². The number of carbonyl (C=O) groups is 1. The Kier molecular flexibility index (Phi) is 6.32. The molecule has 8 heteroatoms. The maximum absolute atomic E-state index is 14.8. The SMILES string of the molecule is COC(=O)C1CCN(Cc2cn(-c3ccc(F)cc3F)nc2-c2ccc(C)cc2F)CC1. The zero-order valence-corrected chi connectivity index (χ0v) is 17.9. The molecule has 1 fully saturated rings. The highest BCUT2D eigenvalue weighted by Gasteiger charge is 2.27. The van der Waals surface area contributed by atoms with Crippen molar-refractivity contribution in [3.8, 4) is 16.9 Å². The number of hydrogen-bond donors (Lipinski definition) is 0. The van der Waals surface area contributed by atoms with Crippen molar-refractivity contribution in [2.75, 3.05) is 20.2 Å². The predicted octanol–water partition coefficient (Wildman–Crippen LogP) is 4.65. The number of likely N-dealkylation sites (tertiary alicyclic amines) is 1. The summed E-state index contributed by atoms with van der Waals surface area (Å²) in [6.07, 6.45) is 2.99. The van der Waals surface area contributed by atoms with E-state index in [9.17, 15) is 18.0 Å². The molecule has 3 aromatic rings. The smallest absolute Gasteiger partial charge is 0.308 e. The first kappa shape index (κ1) is 22.1. The van der Waals surface area contributed by atoms with Gasteiger partial charge in [0.1, 0.15) is 23.0 Å². The Balaban J connectivity index is 1.67. The number of aryl methyl sites for hydroxylation is 1. The number of esters is 1. The van der Waals surface area contributed by atoms with Gasteiger partial charge in [-0.25, -0.2) is 17.9 Å². The third kappa shape index (κ3) is 4.55. The van der Waals surface area contributed by atoms with Crippen LogP contribution < -0.4 is 0 Å². The fraction of sp³-hybridized carbons (Fsp3) is 0.333. The quantitative estimate of drug-likeness (QED) is 0.539. The summed E-state index contributed by atoms with van der Waals surface area (Å²) in [5.41, 5.74) is 2.29. The second kappa shape index (κ2) is 9.16. The van der Waals surface area contributed by atoms with Crippen LogP contribution in [0.5, 0.6) is 0 Å². The molecule has 1 aliphatic heterocycles. The molecule has 1 aliphatic rings. The van der Waals surface area contributed by atoms with Crippen LogP contribution in [0, 0.1) is 30.3 Å². The van der Waals surface area contributed by atoms with Crippen molar-refractivity contribution in [2.45, 2.75) is 26.3 Å². The highest BCUT2D eigenvalue weighted by atomic mass is 19.1. The van der Waals surface area contributed by atoms with Gasteiger partial charge in [-0.2, -0.15) is 5.10 Å². The Labute approximate surface area is 184 Å². The van der Waals surface area contributed by atoms with Crippen LogP contribution in [0.4, 0.5) is 13.2 Å². The first-order valence-corrected chi connectivity index (χ1v) is 10.5.